The highest BCUT2D eigenvalue weighted by Gasteiger charge is 2.36. The molecule has 3 aromatic rings. The molecule has 1 fully saturated rings. The Morgan fingerprint density at radius 2 is 1.78 bits per heavy atom. The molecule has 11 heteroatoms. The molecule has 198 valence electrons. The van der Waals surface area contributed by atoms with Gasteiger partial charge in [0, 0.05) is 25.0 Å². The summed E-state index contributed by atoms with van der Waals surface area (Å²) in [5.74, 6) is 0. The monoisotopic (exact) mass is 534 g/mol. The standard InChI is InChI=1S/C26H29F3N4O3S/c27-26(28,29)20-9-11-24(12-10-20)37(34,35)32-14-19-5-1-4-8-25(19)33(15-21-13-30-18-31-21)22(16-32)17-36-23-6-2-3-7-23/h1,4-5,8-13,18,22-23H,2-3,6-7,14-17H2,(H,30,31)/t22-/m0/s1. The normalized spacial score (nSPS) is 19.6. The summed E-state index contributed by atoms with van der Waals surface area (Å²) in [6.45, 7) is 1.02. The first-order chi connectivity index (χ1) is 17.7. The van der Waals surface area contributed by atoms with Crippen molar-refractivity contribution < 1.29 is 26.3 Å². The number of imidazole rings is 1. The van der Waals surface area contributed by atoms with Crippen LogP contribution in [0.5, 0.6) is 0 Å². The first kappa shape index (κ1) is 25.7. The first-order valence-electron chi connectivity index (χ1n) is 12.3. The zero-order valence-corrected chi connectivity index (χ0v) is 21.0. The van der Waals surface area contributed by atoms with E-state index in [4.69, 9.17) is 4.74 Å². The van der Waals surface area contributed by atoms with Gasteiger partial charge in [0.1, 0.15) is 0 Å². The van der Waals surface area contributed by atoms with Crippen molar-refractivity contribution in [3.05, 3.63) is 77.9 Å². The minimum absolute atomic E-state index is 0.0962. The van der Waals surface area contributed by atoms with Crippen molar-refractivity contribution in [3.63, 3.8) is 0 Å². The van der Waals surface area contributed by atoms with Crippen LogP contribution >= 0.6 is 0 Å². The predicted octanol–water partition coefficient (Wildman–Crippen LogP) is 4.97. The lowest BCUT2D eigenvalue weighted by Crippen LogP contribution is -2.46. The van der Waals surface area contributed by atoms with Crippen LogP contribution in [0.2, 0.25) is 0 Å². The molecule has 1 aromatic heterocycles. The number of hydrogen-bond acceptors (Lipinski definition) is 5. The van der Waals surface area contributed by atoms with E-state index < -0.39 is 21.8 Å². The smallest absolute Gasteiger partial charge is 0.376 e. The topological polar surface area (TPSA) is 78.5 Å². The largest absolute Gasteiger partial charge is 0.416 e. The number of alkyl halides is 3. The van der Waals surface area contributed by atoms with Crippen LogP contribution in [0.1, 0.15) is 42.5 Å². The number of nitrogens with zero attached hydrogens (tertiary/aromatic N) is 3. The number of ether oxygens (including phenoxy) is 1. The van der Waals surface area contributed by atoms with Crippen molar-refractivity contribution in [2.75, 3.05) is 18.1 Å². The van der Waals surface area contributed by atoms with Crippen LogP contribution in [0.15, 0.2) is 66.0 Å². The van der Waals surface area contributed by atoms with Gasteiger partial charge in [0.2, 0.25) is 10.0 Å². The molecule has 1 aliphatic heterocycles. The molecule has 7 nitrogen and oxygen atoms in total. The molecule has 1 aliphatic carbocycles. The zero-order valence-electron chi connectivity index (χ0n) is 20.2. The second-order valence-electron chi connectivity index (χ2n) is 9.55. The molecule has 5 rings (SSSR count). The lowest BCUT2D eigenvalue weighted by Gasteiger charge is -2.34. The van der Waals surface area contributed by atoms with E-state index in [2.05, 4.69) is 14.9 Å². The van der Waals surface area contributed by atoms with E-state index in [9.17, 15) is 21.6 Å². The molecule has 0 spiro atoms. The summed E-state index contributed by atoms with van der Waals surface area (Å²) in [6.07, 6.45) is 3.14. The van der Waals surface area contributed by atoms with E-state index in [0.29, 0.717) is 13.2 Å². The Balaban J connectivity index is 1.49. The van der Waals surface area contributed by atoms with E-state index in [1.807, 2.05) is 24.3 Å². The third kappa shape index (κ3) is 5.68. The fourth-order valence-corrected chi connectivity index (χ4v) is 6.53. The van der Waals surface area contributed by atoms with Crippen LogP contribution in [0.3, 0.4) is 0 Å². The summed E-state index contributed by atoms with van der Waals surface area (Å²) in [6, 6.07) is 11.0. The SMILES string of the molecule is O=S(=O)(c1ccc(C(F)(F)F)cc1)N1Cc2ccccc2N(Cc2cnc[nH]2)[C@H](COC2CCCC2)C1. The summed E-state index contributed by atoms with van der Waals surface area (Å²) < 4.78 is 74.2. The van der Waals surface area contributed by atoms with E-state index >= 15 is 0 Å². The van der Waals surface area contributed by atoms with E-state index in [-0.39, 0.29) is 30.1 Å². The van der Waals surface area contributed by atoms with Crippen LogP contribution in [0.4, 0.5) is 18.9 Å². The number of H-pyrrole nitrogens is 1. The summed E-state index contributed by atoms with van der Waals surface area (Å²) in [4.78, 5) is 9.21. The molecule has 1 saturated carbocycles. The van der Waals surface area contributed by atoms with E-state index in [1.54, 1.807) is 12.5 Å². The Bertz CT molecular complexity index is 1290. The van der Waals surface area contributed by atoms with Crippen LogP contribution in [0.25, 0.3) is 0 Å². The van der Waals surface area contributed by atoms with E-state index in [0.717, 1.165) is 66.9 Å². The average Bonchev–Trinajstić information content (AvgIpc) is 3.56. The number of anilines is 1. The Labute approximate surface area is 214 Å². The van der Waals surface area contributed by atoms with E-state index in [1.165, 1.54) is 4.31 Å². The number of hydrogen-bond donors (Lipinski definition) is 1. The minimum atomic E-state index is -4.54. The highest BCUT2D eigenvalue weighted by atomic mass is 32.2. The van der Waals surface area contributed by atoms with Gasteiger partial charge in [0.05, 0.1) is 47.8 Å². The lowest BCUT2D eigenvalue weighted by atomic mass is 10.1. The fourth-order valence-electron chi connectivity index (χ4n) is 5.07. The first-order valence-corrected chi connectivity index (χ1v) is 13.8. The number of sulfonamides is 1. The Morgan fingerprint density at radius 1 is 1.05 bits per heavy atom. The number of para-hydroxylation sites is 1. The summed E-state index contributed by atoms with van der Waals surface area (Å²) in [5.41, 5.74) is 1.68. The fraction of sp³-hybridized carbons (Fsp3) is 0.423. The molecule has 2 aliphatic rings. The summed E-state index contributed by atoms with van der Waals surface area (Å²) >= 11 is 0. The van der Waals surface area contributed by atoms with Gasteiger partial charge in [0.25, 0.3) is 0 Å². The summed E-state index contributed by atoms with van der Waals surface area (Å²) in [5, 5.41) is 0. The van der Waals surface area contributed by atoms with Crippen LogP contribution < -0.4 is 4.90 Å². The minimum Gasteiger partial charge on any atom is -0.376 e. The van der Waals surface area contributed by atoms with Crippen LogP contribution in [-0.4, -0.2) is 48.0 Å². The molecule has 0 bridgehead atoms. The number of aromatic nitrogens is 2. The van der Waals surface area contributed by atoms with Gasteiger partial charge in [-0.2, -0.15) is 17.5 Å². The highest BCUT2D eigenvalue weighted by Crippen LogP contribution is 2.34. The van der Waals surface area contributed by atoms with Gasteiger partial charge < -0.3 is 14.6 Å². The molecule has 0 radical (unpaired) electrons. The van der Waals surface area contributed by atoms with Gasteiger partial charge >= 0.3 is 6.18 Å². The Morgan fingerprint density at radius 3 is 2.46 bits per heavy atom. The van der Waals surface area contributed by atoms with Gasteiger partial charge in [-0.05, 0) is 48.7 Å². The van der Waals surface area contributed by atoms with Crippen LogP contribution in [0, 0.1) is 0 Å². The van der Waals surface area contributed by atoms with Crippen molar-refractivity contribution in [2.45, 2.75) is 62.0 Å². The molecule has 2 heterocycles. The predicted molar refractivity (Wildman–Crippen MR) is 132 cm³/mol. The van der Waals surface area contributed by atoms with Crippen molar-refractivity contribution in [3.8, 4) is 0 Å². The zero-order chi connectivity index (χ0) is 26.0. The maximum absolute atomic E-state index is 13.7. The van der Waals surface area contributed by atoms with Crippen molar-refractivity contribution in [1.82, 2.24) is 14.3 Å². The molecule has 0 saturated heterocycles. The number of halogens is 3. The Kier molecular flexibility index (Phi) is 7.28. The van der Waals surface area contributed by atoms with Crippen molar-refractivity contribution in [2.24, 2.45) is 0 Å². The van der Waals surface area contributed by atoms with Crippen molar-refractivity contribution >= 4 is 15.7 Å². The maximum atomic E-state index is 13.7. The molecule has 2 aromatic carbocycles. The van der Waals surface area contributed by atoms with Gasteiger partial charge in [-0.25, -0.2) is 13.4 Å². The molecule has 0 unspecified atom stereocenters. The average molecular weight is 535 g/mol. The van der Waals surface area contributed by atoms with Gasteiger partial charge in [-0.1, -0.05) is 31.0 Å². The molecule has 0 amide bonds. The summed E-state index contributed by atoms with van der Waals surface area (Å²) in [7, 11) is -4.08. The molecular formula is C26H29F3N4O3S. The molecule has 1 N–H and O–H groups in total. The quantitative estimate of drug-likeness (QED) is 0.463. The Hall–Kier alpha value is -2.89. The molecule has 1 atom stereocenters. The second kappa shape index (κ2) is 10.5. The van der Waals surface area contributed by atoms with Gasteiger partial charge in [-0.15, -0.1) is 0 Å². The second-order valence-corrected chi connectivity index (χ2v) is 11.5. The lowest BCUT2D eigenvalue weighted by molar-refractivity contribution is -0.137. The van der Waals surface area contributed by atoms with Gasteiger partial charge in [0.15, 0.2) is 0 Å². The molecular weight excluding hydrogens is 505 g/mol. The van der Waals surface area contributed by atoms with Crippen molar-refractivity contribution in [1.29, 1.82) is 0 Å². The maximum Gasteiger partial charge on any atom is 0.416 e. The molecule has 37 heavy (non-hydrogen) atoms. The third-order valence-corrected chi connectivity index (χ3v) is 8.87. The number of benzene rings is 2. The number of fused-ring (bicyclic) bond motifs is 1. The van der Waals surface area contributed by atoms with Crippen LogP contribution in [-0.2, 0) is 34.0 Å². The number of rotatable bonds is 7. The highest BCUT2D eigenvalue weighted by molar-refractivity contribution is 7.89. The van der Waals surface area contributed by atoms with Gasteiger partial charge in [-0.3, -0.25) is 0 Å². The number of nitrogens with one attached hydrogen (secondary N) is 1. The third-order valence-electron chi connectivity index (χ3n) is 7.04. The number of aromatic amines is 1.